The van der Waals surface area contributed by atoms with Crippen molar-refractivity contribution in [2.24, 2.45) is 4.99 Å². The van der Waals surface area contributed by atoms with Crippen molar-refractivity contribution in [3.63, 3.8) is 0 Å². The van der Waals surface area contributed by atoms with Crippen LogP contribution in [0.25, 0.3) is 0 Å². The van der Waals surface area contributed by atoms with Gasteiger partial charge in [0.05, 0.1) is 0 Å². The molecular weight excluding hydrogens is 466 g/mol. The SMILES string of the molecule is CN=C(NCc1ccc(F)c(CN(C)C)c1)NC(C)CCc1ccccc1.I. The Morgan fingerprint density at radius 2 is 1.82 bits per heavy atom. The molecule has 6 heteroatoms. The van der Waals surface area contributed by atoms with Crippen molar-refractivity contribution in [1.82, 2.24) is 15.5 Å². The van der Waals surface area contributed by atoms with Gasteiger partial charge >= 0.3 is 0 Å². The minimum atomic E-state index is -0.163. The molecule has 1 unspecified atom stereocenters. The molecule has 2 aromatic carbocycles. The molecule has 4 nitrogen and oxygen atoms in total. The summed E-state index contributed by atoms with van der Waals surface area (Å²) >= 11 is 0. The maximum Gasteiger partial charge on any atom is 0.191 e. The topological polar surface area (TPSA) is 39.7 Å². The monoisotopic (exact) mass is 498 g/mol. The van der Waals surface area contributed by atoms with Crippen molar-refractivity contribution >= 4 is 29.9 Å². The van der Waals surface area contributed by atoms with Crippen molar-refractivity contribution in [2.45, 2.75) is 38.9 Å². The van der Waals surface area contributed by atoms with Crippen molar-refractivity contribution in [3.05, 3.63) is 71.0 Å². The fourth-order valence-corrected chi connectivity index (χ4v) is 2.91. The minimum absolute atomic E-state index is 0. The second-order valence-electron chi connectivity index (χ2n) is 7.16. The number of benzene rings is 2. The van der Waals surface area contributed by atoms with Crippen LogP contribution in [0.3, 0.4) is 0 Å². The number of aryl methyl sites for hydroxylation is 1. The maximum atomic E-state index is 13.9. The summed E-state index contributed by atoms with van der Waals surface area (Å²) in [6.07, 6.45) is 2.05. The van der Waals surface area contributed by atoms with Gasteiger partial charge in [0.2, 0.25) is 0 Å². The number of halogens is 2. The predicted molar refractivity (Wildman–Crippen MR) is 127 cm³/mol. The van der Waals surface area contributed by atoms with Gasteiger partial charge in [0.25, 0.3) is 0 Å². The molecular formula is C22H32FIN4. The molecule has 0 radical (unpaired) electrons. The fraction of sp³-hybridized carbons (Fsp3) is 0.409. The summed E-state index contributed by atoms with van der Waals surface area (Å²) < 4.78 is 13.9. The first kappa shape index (κ1) is 24.4. The zero-order valence-electron chi connectivity index (χ0n) is 17.2. The molecule has 2 N–H and O–H groups in total. The number of hydrogen-bond acceptors (Lipinski definition) is 2. The molecule has 0 spiro atoms. The fourth-order valence-electron chi connectivity index (χ4n) is 2.91. The quantitative estimate of drug-likeness (QED) is 0.326. The number of nitrogens with zero attached hydrogens (tertiary/aromatic N) is 2. The lowest BCUT2D eigenvalue weighted by Gasteiger charge is -2.18. The molecule has 0 amide bonds. The van der Waals surface area contributed by atoms with Crippen LogP contribution in [0.15, 0.2) is 53.5 Å². The van der Waals surface area contributed by atoms with E-state index < -0.39 is 0 Å². The summed E-state index contributed by atoms with van der Waals surface area (Å²) in [4.78, 5) is 6.26. The molecule has 0 aliphatic rings. The molecule has 1 atom stereocenters. The third-order valence-electron chi connectivity index (χ3n) is 4.37. The molecule has 0 fully saturated rings. The van der Waals surface area contributed by atoms with Gasteiger partial charge in [-0.1, -0.05) is 36.4 Å². The summed E-state index contributed by atoms with van der Waals surface area (Å²) in [5, 5.41) is 6.74. The Labute approximate surface area is 185 Å². The first-order valence-electron chi connectivity index (χ1n) is 9.41. The van der Waals surface area contributed by atoms with Crippen molar-refractivity contribution in [2.75, 3.05) is 21.1 Å². The van der Waals surface area contributed by atoms with Crippen LogP contribution in [-0.4, -0.2) is 38.0 Å². The van der Waals surface area contributed by atoms with Gasteiger partial charge in [0, 0.05) is 31.7 Å². The van der Waals surface area contributed by atoms with E-state index in [-0.39, 0.29) is 29.8 Å². The Bertz CT molecular complexity index is 735. The standard InChI is InChI=1S/C22H31FN4.HI/c1-17(10-11-18-8-6-5-7-9-18)26-22(24-2)25-15-19-12-13-21(23)20(14-19)16-27(3)4;/h5-9,12-14,17H,10-11,15-16H2,1-4H3,(H2,24,25,26);1H. The lowest BCUT2D eigenvalue weighted by molar-refractivity contribution is 0.392. The highest BCUT2D eigenvalue weighted by atomic mass is 127. The average molecular weight is 498 g/mol. The smallest absolute Gasteiger partial charge is 0.191 e. The van der Waals surface area contributed by atoms with E-state index in [1.165, 1.54) is 11.6 Å². The van der Waals surface area contributed by atoms with E-state index in [2.05, 4.69) is 46.8 Å². The first-order chi connectivity index (χ1) is 13.0. The van der Waals surface area contributed by atoms with Crippen LogP contribution in [0.2, 0.25) is 0 Å². The Hall–Kier alpha value is -1.67. The van der Waals surface area contributed by atoms with E-state index in [0.717, 1.165) is 24.4 Å². The number of nitrogens with one attached hydrogen (secondary N) is 2. The molecule has 154 valence electrons. The van der Waals surface area contributed by atoms with Gasteiger partial charge in [-0.2, -0.15) is 0 Å². The van der Waals surface area contributed by atoms with Gasteiger partial charge in [0.1, 0.15) is 5.82 Å². The summed E-state index contributed by atoms with van der Waals surface area (Å²) in [6, 6.07) is 16.0. The average Bonchev–Trinajstić information content (AvgIpc) is 2.66. The van der Waals surface area contributed by atoms with Gasteiger partial charge in [0.15, 0.2) is 5.96 Å². The van der Waals surface area contributed by atoms with Gasteiger partial charge in [-0.05, 0) is 57.1 Å². The Kier molecular flexibility index (Phi) is 11.1. The minimum Gasteiger partial charge on any atom is -0.354 e. The van der Waals surface area contributed by atoms with E-state index in [1.807, 2.05) is 37.2 Å². The Morgan fingerprint density at radius 1 is 1.11 bits per heavy atom. The number of rotatable bonds is 8. The zero-order valence-corrected chi connectivity index (χ0v) is 19.5. The van der Waals surface area contributed by atoms with E-state index >= 15 is 0 Å². The van der Waals surface area contributed by atoms with Crippen LogP contribution < -0.4 is 10.6 Å². The highest BCUT2D eigenvalue weighted by Gasteiger charge is 2.08. The number of aliphatic imine (C=N–C) groups is 1. The van der Waals surface area contributed by atoms with Gasteiger partial charge in [-0.25, -0.2) is 4.39 Å². The van der Waals surface area contributed by atoms with Crippen LogP contribution >= 0.6 is 24.0 Å². The van der Waals surface area contributed by atoms with Crippen LogP contribution in [0.4, 0.5) is 4.39 Å². The summed E-state index contributed by atoms with van der Waals surface area (Å²) in [6.45, 7) is 3.35. The molecule has 0 aliphatic carbocycles. The van der Waals surface area contributed by atoms with E-state index in [4.69, 9.17) is 0 Å². The lowest BCUT2D eigenvalue weighted by atomic mass is 10.1. The third-order valence-corrected chi connectivity index (χ3v) is 4.37. The van der Waals surface area contributed by atoms with E-state index in [9.17, 15) is 4.39 Å². The molecule has 2 rings (SSSR count). The van der Waals surface area contributed by atoms with E-state index in [0.29, 0.717) is 24.7 Å². The van der Waals surface area contributed by atoms with Crippen LogP contribution in [0.5, 0.6) is 0 Å². The Morgan fingerprint density at radius 3 is 2.46 bits per heavy atom. The van der Waals surface area contributed by atoms with Crippen LogP contribution in [0.1, 0.15) is 30.0 Å². The second-order valence-corrected chi connectivity index (χ2v) is 7.16. The molecule has 2 aromatic rings. The van der Waals surface area contributed by atoms with Gasteiger partial charge in [-0.3, -0.25) is 4.99 Å². The largest absolute Gasteiger partial charge is 0.354 e. The molecule has 0 saturated heterocycles. The summed E-state index contributed by atoms with van der Waals surface area (Å²) in [7, 11) is 5.64. The van der Waals surface area contributed by atoms with Gasteiger partial charge in [-0.15, -0.1) is 24.0 Å². The molecule has 0 bridgehead atoms. The maximum absolute atomic E-state index is 13.9. The van der Waals surface area contributed by atoms with Crippen molar-refractivity contribution < 1.29 is 4.39 Å². The highest BCUT2D eigenvalue weighted by Crippen LogP contribution is 2.12. The molecule has 28 heavy (non-hydrogen) atoms. The van der Waals surface area contributed by atoms with Crippen molar-refractivity contribution in [1.29, 1.82) is 0 Å². The number of guanidine groups is 1. The molecule has 0 aromatic heterocycles. The summed E-state index contributed by atoms with van der Waals surface area (Å²) in [5.41, 5.74) is 3.08. The third kappa shape index (κ3) is 8.56. The number of hydrogen-bond donors (Lipinski definition) is 2. The van der Waals surface area contributed by atoms with Gasteiger partial charge < -0.3 is 15.5 Å². The molecule has 0 aliphatic heterocycles. The van der Waals surface area contributed by atoms with Crippen molar-refractivity contribution in [3.8, 4) is 0 Å². The predicted octanol–water partition coefficient (Wildman–Crippen LogP) is 4.19. The van der Waals surface area contributed by atoms with E-state index in [1.54, 1.807) is 7.05 Å². The first-order valence-corrected chi connectivity index (χ1v) is 9.41. The Balaban J connectivity index is 0.00000392. The lowest BCUT2D eigenvalue weighted by Crippen LogP contribution is -2.42. The zero-order chi connectivity index (χ0) is 19.6. The summed E-state index contributed by atoms with van der Waals surface area (Å²) in [5.74, 6) is 0.596. The van der Waals surface area contributed by atoms with Crippen LogP contribution in [-0.2, 0) is 19.5 Å². The van der Waals surface area contributed by atoms with Crippen LogP contribution in [0, 0.1) is 5.82 Å². The second kappa shape index (κ2) is 12.7. The molecule has 0 heterocycles. The molecule has 0 saturated carbocycles. The normalized spacial score (nSPS) is 12.4. The highest BCUT2D eigenvalue weighted by molar-refractivity contribution is 14.0.